The van der Waals surface area contributed by atoms with Gasteiger partial charge in [0.1, 0.15) is 5.60 Å². The summed E-state index contributed by atoms with van der Waals surface area (Å²) in [5, 5.41) is 12.4. The molecule has 0 N–H and O–H groups in total. The molecular weight excluding hydrogens is 232 g/mol. The van der Waals surface area contributed by atoms with Crippen LogP contribution in [0.1, 0.15) is 33.6 Å². The minimum absolute atomic E-state index is 0.237. The summed E-state index contributed by atoms with van der Waals surface area (Å²) in [4.78, 5) is 16.0. The van der Waals surface area contributed by atoms with Crippen molar-refractivity contribution in [1.29, 1.82) is 5.26 Å². The Labute approximate surface area is 106 Å². The number of hydrogen-bond donors (Lipinski definition) is 0. The summed E-state index contributed by atoms with van der Waals surface area (Å²) in [7, 11) is 0. The molecule has 0 saturated heterocycles. The second-order valence-electron chi connectivity index (χ2n) is 4.75. The van der Waals surface area contributed by atoms with Gasteiger partial charge in [0.2, 0.25) is 0 Å². The minimum Gasteiger partial charge on any atom is -0.427 e. The van der Waals surface area contributed by atoms with Crippen molar-refractivity contribution in [2.45, 2.75) is 39.2 Å². The second kappa shape index (κ2) is 6.01. The largest absolute Gasteiger partial charge is 0.535 e. The number of rotatable bonds is 2. The maximum Gasteiger partial charge on any atom is 0.535 e. The molecule has 18 heavy (non-hydrogen) atoms. The molecule has 0 spiro atoms. The predicted octanol–water partition coefficient (Wildman–Crippen LogP) is 3.09. The first kappa shape index (κ1) is 14.0. The zero-order chi connectivity index (χ0) is 13.6. The molecule has 0 atom stereocenters. The molecule has 0 amide bonds. The fourth-order valence-corrected chi connectivity index (χ4v) is 1.29. The van der Waals surface area contributed by atoms with Crippen molar-refractivity contribution in [3.8, 4) is 6.07 Å². The van der Waals surface area contributed by atoms with Crippen LogP contribution in [0.2, 0.25) is 0 Å². The van der Waals surface area contributed by atoms with E-state index in [0.717, 1.165) is 5.57 Å². The van der Waals surface area contributed by atoms with Gasteiger partial charge in [0.25, 0.3) is 0 Å². The Kier molecular flexibility index (Phi) is 4.67. The number of carbonyl (C=O) groups is 1. The van der Waals surface area contributed by atoms with Crippen molar-refractivity contribution in [2.75, 3.05) is 0 Å². The minimum atomic E-state index is -0.846. The maximum absolute atomic E-state index is 11.3. The van der Waals surface area contributed by atoms with Gasteiger partial charge < -0.3 is 4.74 Å². The van der Waals surface area contributed by atoms with Crippen LogP contribution in [-0.2, 0) is 9.57 Å². The molecule has 0 aromatic rings. The Bertz CT molecular complexity index is 448. The summed E-state index contributed by atoms with van der Waals surface area (Å²) in [5.74, 6) is 0. The van der Waals surface area contributed by atoms with Gasteiger partial charge in [-0.1, -0.05) is 23.4 Å². The number of ether oxygens (including phenoxy) is 1. The van der Waals surface area contributed by atoms with Gasteiger partial charge in [0.15, 0.2) is 0 Å². The van der Waals surface area contributed by atoms with E-state index in [1.165, 1.54) is 0 Å². The van der Waals surface area contributed by atoms with Gasteiger partial charge in [-0.05, 0) is 26.3 Å². The first-order chi connectivity index (χ1) is 8.42. The van der Waals surface area contributed by atoms with Crippen LogP contribution in [0.3, 0.4) is 0 Å². The molecule has 0 aromatic heterocycles. The lowest BCUT2D eigenvalue weighted by Gasteiger charge is -2.17. The van der Waals surface area contributed by atoms with E-state index in [9.17, 15) is 4.79 Å². The number of allylic oxidation sites excluding steroid dienone is 4. The van der Waals surface area contributed by atoms with Gasteiger partial charge in [0, 0.05) is 6.42 Å². The number of nitriles is 1. The summed E-state index contributed by atoms with van der Waals surface area (Å²) in [6, 6.07) is 2.04. The second-order valence-corrected chi connectivity index (χ2v) is 4.75. The lowest BCUT2D eigenvalue weighted by Crippen LogP contribution is -2.23. The molecule has 0 aromatic carbocycles. The highest BCUT2D eigenvalue weighted by molar-refractivity contribution is 6.02. The van der Waals surface area contributed by atoms with E-state index in [-0.39, 0.29) is 6.42 Å². The molecule has 0 unspecified atom stereocenters. The van der Waals surface area contributed by atoms with Crippen molar-refractivity contribution in [1.82, 2.24) is 0 Å². The number of hydrogen-bond acceptors (Lipinski definition) is 5. The average molecular weight is 248 g/mol. The molecule has 0 saturated carbocycles. The van der Waals surface area contributed by atoms with Crippen LogP contribution in [0.15, 0.2) is 29.0 Å². The van der Waals surface area contributed by atoms with Gasteiger partial charge >= 0.3 is 6.16 Å². The topological polar surface area (TPSA) is 71.7 Å². The van der Waals surface area contributed by atoms with Crippen LogP contribution in [-0.4, -0.2) is 17.5 Å². The van der Waals surface area contributed by atoms with Crippen LogP contribution in [0.5, 0.6) is 0 Å². The van der Waals surface area contributed by atoms with Crippen molar-refractivity contribution in [3.05, 3.63) is 23.8 Å². The van der Waals surface area contributed by atoms with Gasteiger partial charge in [0.05, 0.1) is 18.2 Å². The molecule has 5 nitrogen and oxygen atoms in total. The molecule has 0 radical (unpaired) electrons. The van der Waals surface area contributed by atoms with Crippen LogP contribution in [0.25, 0.3) is 0 Å². The van der Waals surface area contributed by atoms with Crippen LogP contribution in [0.4, 0.5) is 4.79 Å². The highest BCUT2D eigenvalue weighted by Gasteiger charge is 2.18. The summed E-state index contributed by atoms with van der Waals surface area (Å²) in [6.07, 6.45) is 5.43. The van der Waals surface area contributed by atoms with E-state index in [1.54, 1.807) is 26.8 Å². The molecule has 1 rings (SSSR count). The fraction of sp³-hybridized carbons (Fsp3) is 0.462. The maximum atomic E-state index is 11.3. The number of carbonyl (C=O) groups excluding carboxylic acids is 1. The zero-order valence-electron chi connectivity index (χ0n) is 10.8. The van der Waals surface area contributed by atoms with Crippen LogP contribution < -0.4 is 0 Å². The first-order valence-electron chi connectivity index (χ1n) is 5.62. The van der Waals surface area contributed by atoms with E-state index >= 15 is 0 Å². The molecule has 1 aliphatic carbocycles. The third-order valence-electron chi connectivity index (χ3n) is 2.00. The first-order valence-corrected chi connectivity index (χ1v) is 5.62. The molecular formula is C13H16N2O3. The van der Waals surface area contributed by atoms with E-state index in [2.05, 4.69) is 9.99 Å². The zero-order valence-corrected chi connectivity index (χ0v) is 10.8. The Hall–Kier alpha value is -2.09. The van der Waals surface area contributed by atoms with E-state index < -0.39 is 11.8 Å². The van der Waals surface area contributed by atoms with Crippen molar-refractivity contribution in [3.63, 3.8) is 0 Å². The Morgan fingerprint density at radius 1 is 1.56 bits per heavy atom. The van der Waals surface area contributed by atoms with Gasteiger partial charge in [-0.2, -0.15) is 5.26 Å². The van der Waals surface area contributed by atoms with Gasteiger partial charge in [-0.3, -0.25) is 4.84 Å². The van der Waals surface area contributed by atoms with E-state index in [4.69, 9.17) is 10.00 Å². The molecule has 0 bridgehead atoms. The lowest BCUT2D eigenvalue weighted by atomic mass is 10.0. The SMILES string of the molecule is CC(C)(C)OC(=O)ON=C1CC=CC=C1CC#N. The molecule has 5 heteroatoms. The standard InChI is InChI=1S/C13H16N2O3/c1-13(2,3)17-12(16)18-15-11-7-5-4-6-10(11)8-9-14/h4-6H,7-8H2,1-3H3. The van der Waals surface area contributed by atoms with Gasteiger partial charge in [-0.15, -0.1) is 0 Å². The smallest absolute Gasteiger partial charge is 0.427 e. The van der Waals surface area contributed by atoms with E-state index in [1.807, 2.05) is 18.2 Å². The lowest BCUT2D eigenvalue weighted by molar-refractivity contribution is -0.00625. The summed E-state index contributed by atoms with van der Waals surface area (Å²) >= 11 is 0. The Balaban J connectivity index is 2.62. The van der Waals surface area contributed by atoms with Crippen LogP contribution in [0, 0.1) is 11.3 Å². The summed E-state index contributed by atoms with van der Waals surface area (Å²) < 4.78 is 4.95. The van der Waals surface area contributed by atoms with E-state index in [0.29, 0.717) is 12.1 Å². The fourth-order valence-electron chi connectivity index (χ4n) is 1.29. The van der Waals surface area contributed by atoms with Crippen molar-refractivity contribution >= 4 is 11.9 Å². The molecule has 1 aliphatic rings. The highest BCUT2D eigenvalue weighted by atomic mass is 16.8. The summed E-state index contributed by atoms with van der Waals surface area (Å²) in [5.41, 5.74) is 0.711. The average Bonchev–Trinajstić information content (AvgIpc) is 2.26. The molecule has 0 fully saturated rings. The molecule has 96 valence electrons. The number of oxime groups is 1. The third-order valence-corrected chi connectivity index (χ3v) is 2.00. The Morgan fingerprint density at radius 2 is 2.28 bits per heavy atom. The van der Waals surface area contributed by atoms with Crippen molar-refractivity contribution in [2.24, 2.45) is 5.16 Å². The molecule has 0 heterocycles. The van der Waals surface area contributed by atoms with Gasteiger partial charge in [-0.25, -0.2) is 4.79 Å². The monoisotopic (exact) mass is 248 g/mol. The highest BCUT2D eigenvalue weighted by Crippen LogP contribution is 2.14. The summed E-state index contributed by atoms with van der Waals surface area (Å²) in [6.45, 7) is 5.23. The predicted molar refractivity (Wildman–Crippen MR) is 66.8 cm³/mol. The Morgan fingerprint density at radius 3 is 2.89 bits per heavy atom. The van der Waals surface area contributed by atoms with Crippen molar-refractivity contribution < 1.29 is 14.4 Å². The van der Waals surface area contributed by atoms with Crippen LogP contribution >= 0.6 is 0 Å². The normalized spacial score (nSPS) is 17.0. The third kappa shape index (κ3) is 4.83. The molecule has 0 aliphatic heterocycles. The quantitative estimate of drug-likeness (QED) is 0.427. The number of nitrogens with zero attached hydrogens (tertiary/aromatic N) is 2.